The average molecular weight is 551 g/mol. The van der Waals surface area contributed by atoms with Crippen LogP contribution in [0.1, 0.15) is 27.2 Å². The Hall–Kier alpha value is -2.74. The molecule has 0 unspecified atom stereocenters. The largest absolute Gasteiger partial charge is 0.443 e. The molecule has 5 nitrogen and oxygen atoms in total. The van der Waals surface area contributed by atoms with Gasteiger partial charge < -0.3 is 15.4 Å². The van der Waals surface area contributed by atoms with Crippen LogP contribution in [-0.4, -0.2) is 29.4 Å². The maximum atomic E-state index is 13.3. The van der Waals surface area contributed by atoms with Crippen molar-refractivity contribution < 1.29 is 9.53 Å². The van der Waals surface area contributed by atoms with Crippen LogP contribution < -0.4 is 10.6 Å². The Bertz CT molecular complexity index is 1420. The highest BCUT2D eigenvalue weighted by Crippen LogP contribution is 2.50. The van der Waals surface area contributed by atoms with E-state index < -0.39 is 5.60 Å². The summed E-state index contributed by atoms with van der Waals surface area (Å²) in [5.41, 5.74) is 10.2. The lowest BCUT2D eigenvalue weighted by molar-refractivity contribution is 0.0547. The minimum atomic E-state index is -0.591. The number of aromatic nitrogens is 1. The van der Waals surface area contributed by atoms with E-state index in [9.17, 15) is 4.79 Å². The number of carbonyl (C=O) groups is 1. The molecule has 4 aromatic rings. The van der Waals surface area contributed by atoms with E-state index in [2.05, 4.69) is 63.3 Å². The number of halogens is 1. The smallest absolute Gasteiger partial charge is 0.419 e. The molecule has 1 aromatic heterocycles. The van der Waals surface area contributed by atoms with Crippen LogP contribution in [0.15, 0.2) is 81.0 Å². The Kier molecular flexibility index (Phi) is 6.42. The van der Waals surface area contributed by atoms with Gasteiger partial charge in [0.1, 0.15) is 5.60 Å². The van der Waals surface area contributed by atoms with Crippen LogP contribution in [-0.2, 0) is 4.74 Å². The predicted octanol–water partition coefficient (Wildman–Crippen LogP) is 7.81. The third-order valence-electron chi connectivity index (χ3n) is 5.85. The summed E-state index contributed by atoms with van der Waals surface area (Å²) >= 11 is 5.36. The van der Waals surface area contributed by atoms with Gasteiger partial charge in [0.25, 0.3) is 0 Å². The lowest BCUT2D eigenvalue weighted by Gasteiger charge is -2.33. The molecule has 2 N–H and O–H groups in total. The second-order valence-corrected chi connectivity index (χ2v) is 11.6. The number of fused-ring (bicyclic) bond motifs is 3. The van der Waals surface area contributed by atoms with Crippen LogP contribution in [0.2, 0.25) is 0 Å². The second-order valence-electron chi connectivity index (χ2n) is 9.59. The summed E-state index contributed by atoms with van der Waals surface area (Å²) < 4.78 is 8.51. The van der Waals surface area contributed by atoms with Crippen LogP contribution >= 0.6 is 27.7 Å². The Labute approximate surface area is 218 Å². The first-order valence-corrected chi connectivity index (χ1v) is 13.3. The number of hydrogen-bond donors (Lipinski definition) is 1. The summed E-state index contributed by atoms with van der Waals surface area (Å²) in [6.07, 6.45) is 0.520. The highest BCUT2D eigenvalue weighted by atomic mass is 79.9. The number of hydrogen-bond acceptors (Lipinski definition) is 5. The van der Waals surface area contributed by atoms with Crippen molar-refractivity contribution in [2.24, 2.45) is 5.73 Å². The van der Waals surface area contributed by atoms with Crippen molar-refractivity contribution in [1.29, 1.82) is 0 Å². The van der Waals surface area contributed by atoms with E-state index in [1.807, 2.05) is 45.0 Å². The standard InChI is InChI=1S/C28H28BrN3O2S/c1-28(2,3)34-27(33)32-21-8-5-4-7-18(21)15-24(32)19-9-11-22-25(16-19)35-26-17-20(29)10-12-23(26)31(22)14-6-13-30/h4-5,7-12,15-17H,6,13-14,30H2,1-3H3. The van der Waals surface area contributed by atoms with E-state index in [-0.39, 0.29) is 6.09 Å². The fourth-order valence-electron chi connectivity index (χ4n) is 4.38. The summed E-state index contributed by atoms with van der Waals surface area (Å²) in [5.74, 6) is 0. The van der Waals surface area contributed by atoms with Crippen LogP contribution in [0.4, 0.5) is 16.2 Å². The number of carbonyl (C=O) groups excluding carboxylic acids is 1. The number of ether oxygens (including phenoxy) is 1. The van der Waals surface area contributed by atoms with Gasteiger partial charge in [-0.15, -0.1) is 0 Å². The highest BCUT2D eigenvalue weighted by molar-refractivity contribution is 9.10. The molecule has 0 atom stereocenters. The van der Waals surface area contributed by atoms with Crippen molar-refractivity contribution in [3.05, 3.63) is 71.2 Å². The molecule has 7 heteroatoms. The van der Waals surface area contributed by atoms with E-state index >= 15 is 0 Å². The number of nitrogens with zero attached hydrogens (tertiary/aromatic N) is 2. The Morgan fingerprint density at radius 2 is 1.71 bits per heavy atom. The molecule has 180 valence electrons. The molecule has 0 saturated heterocycles. The maximum absolute atomic E-state index is 13.3. The molecular formula is C28H28BrN3O2S. The molecule has 0 bridgehead atoms. The number of rotatable bonds is 4. The number of nitrogens with two attached hydrogens (primary N) is 1. The van der Waals surface area contributed by atoms with Crippen LogP contribution in [0.5, 0.6) is 0 Å². The van der Waals surface area contributed by atoms with Gasteiger partial charge in [-0.05, 0) is 76.2 Å². The third-order valence-corrected chi connectivity index (χ3v) is 7.44. The van der Waals surface area contributed by atoms with Crippen molar-refractivity contribution in [2.45, 2.75) is 42.6 Å². The lowest BCUT2D eigenvalue weighted by Crippen LogP contribution is -2.27. The molecule has 2 heterocycles. The lowest BCUT2D eigenvalue weighted by atomic mass is 10.1. The summed E-state index contributed by atoms with van der Waals surface area (Å²) in [7, 11) is 0. The number of para-hydroxylation sites is 1. The second kappa shape index (κ2) is 9.37. The molecule has 0 aliphatic carbocycles. The molecule has 3 aromatic carbocycles. The fourth-order valence-corrected chi connectivity index (χ4v) is 6.07. The van der Waals surface area contributed by atoms with Gasteiger partial charge in [0.05, 0.1) is 22.6 Å². The van der Waals surface area contributed by atoms with Gasteiger partial charge in [0, 0.05) is 31.8 Å². The van der Waals surface area contributed by atoms with Crippen LogP contribution in [0.25, 0.3) is 22.2 Å². The molecule has 5 rings (SSSR count). The normalized spacial score (nSPS) is 13.0. The number of benzene rings is 3. The van der Waals surface area contributed by atoms with Crippen molar-refractivity contribution in [1.82, 2.24) is 4.57 Å². The quantitative estimate of drug-likeness (QED) is 0.281. The van der Waals surface area contributed by atoms with Crippen molar-refractivity contribution in [3.63, 3.8) is 0 Å². The first-order valence-electron chi connectivity index (χ1n) is 11.7. The van der Waals surface area contributed by atoms with E-state index in [0.717, 1.165) is 50.2 Å². The van der Waals surface area contributed by atoms with Gasteiger partial charge in [0.2, 0.25) is 0 Å². The minimum absolute atomic E-state index is 0.377. The fraction of sp³-hybridized carbons (Fsp3) is 0.250. The van der Waals surface area contributed by atoms with Gasteiger partial charge >= 0.3 is 6.09 Å². The van der Waals surface area contributed by atoms with Gasteiger partial charge in [-0.3, -0.25) is 0 Å². The zero-order valence-corrected chi connectivity index (χ0v) is 22.4. The van der Waals surface area contributed by atoms with Gasteiger partial charge in [-0.25, -0.2) is 9.36 Å². The first kappa shape index (κ1) is 24.0. The summed E-state index contributed by atoms with van der Waals surface area (Å²) in [4.78, 5) is 18.0. The van der Waals surface area contributed by atoms with Crippen molar-refractivity contribution >= 4 is 56.1 Å². The summed E-state index contributed by atoms with van der Waals surface area (Å²) in [6, 6.07) is 22.8. The minimum Gasteiger partial charge on any atom is -0.443 e. The van der Waals surface area contributed by atoms with E-state index in [4.69, 9.17) is 10.5 Å². The third kappa shape index (κ3) is 4.73. The summed E-state index contributed by atoms with van der Waals surface area (Å²) in [6.45, 7) is 7.14. The molecule has 0 radical (unpaired) electrons. The molecule has 35 heavy (non-hydrogen) atoms. The maximum Gasteiger partial charge on any atom is 0.419 e. The predicted molar refractivity (Wildman–Crippen MR) is 148 cm³/mol. The van der Waals surface area contributed by atoms with Crippen molar-refractivity contribution in [2.75, 3.05) is 18.0 Å². The van der Waals surface area contributed by atoms with Crippen LogP contribution in [0.3, 0.4) is 0 Å². The SMILES string of the molecule is CC(C)(C)OC(=O)n1c(-c2ccc3c(c2)Sc2cc(Br)ccc2N3CCCN)cc2ccccc21. The van der Waals surface area contributed by atoms with Crippen LogP contribution in [0, 0.1) is 0 Å². The van der Waals surface area contributed by atoms with E-state index in [1.165, 1.54) is 10.6 Å². The molecule has 0 saturated carbocycles. The zero-order valence-electron chi connectivity index (χ0n) is 20.0. The zero-order chi connectivity index (χ0) is 24.7. The topological polar surface area (TPSA) is 60.5 Å². The monoisotopic (exact) mass is 549 g/mol. The molecule has 1 aliphatic heterocycles. The highest BCUT2D eigenvalue weighted by Gasteiger charge is 2.26. The molecule has 0 spiro atoms. The molecule has 0 fully saturated rings. The molecular weight excluding hydrogens is 522 g/mol. The van der Waals surface area contributed by atoms with Crippen molar-refractivity contribution in [3.8, 4) is 11.3 Å². The van der Waals surface area contributed by atoms with E-state index in [0.29, 0.717) is 6.54 Å². The van der Waals surface area contributed by atoms with Gasteiger partial charge in [-0.2, -0.15) is 0 Å². The van der Waals surface area contributed by atoms with Gasteiger partial charge in [0.15, 0.2) is 0 Å². The summed E-state index contributed by atoms with van der Waals surface area (Å²) in [5, 5.41) is 0.998. The van der Waals surface area contributed by atoms with E-state index in [1.54, 1.807) is 16.3 Å². The average Bonchev–Trinajstić information content (AvgIpc) is 3.20. The molecule has 0 amide bonds. The Morgan fingerprint density at radius 1 is 1.00 bits per heavy atom. The van der Waals surface area contributed by atoms with Gasteiger partial charge in [-0.1, -0.05) is 52.0 Å². The Morgan fingerprint density at radius 3 is 2.46 bits per heavy atom. The Balaban J connectivity index is 1.63. The molecule has 1 aliphatic rings. The number of anilines is 2. The first-order chi connectivity index (χ1) is 16.7.